The first-order chi connectivity index (χ1) is 22.1. The lowest BCUT2D eigenvalue weighted by Crippen LogP contribution is -2.48. The van der Waals surface area contributed by atoms with Crippen LogP contribution >= 0.6 is 11.3 Å². The normalized spacial score (nSPS) is 21.1. The monoisotopic (exact) mass is 712 g/mol. The van der Waals surface area contributed by atoms with E-state index in [0.717, 1.165) is 17.8 Å². The van der Waals surface area contributed by atoms with E-state index in [1.165, 1.54) is 28.4 Å². The van der Waals surface area contributed by atoms with Crippen LogP contribution in [-0.2, 0) is 24.8 Å². The van der Waals surface area contributed by atoms with E-state index in [-0.39, 0.29) is 63.5 Å². The number of hydrogen-bond donors (Lipinski definition) is 2. The molecule has 4 rings (SSSR count). The number of sulfonamides is 2. The van der Waals surface area contributed by atoms with Crippen molar-refractivity contribution in [2.45, 2.75) is 81.2 Å². The van der Waals surface area contributed by atoms with Crippen molar-refractivity contribution in [3.8, 4) is 5.75 Å². The predicted molar refractivity (Wildman–Crippen MR) is 178 cm³/mol. The van der Waals surface area contributed by atoms with Crippen LogP contribution in [0.15, 0.2) is 49.3 Å². The average molecular weight is 713 g/mol. The van der Waals surface area contributed by atoms with Crippen LogP contribution in [0.5, 0.6) is 5.75 Å². The van der Waals surface area contributed by atoms with Gasteiger partial charge < -0.3 is 24.0 Å². The zero-order chi connectivity index (χ0) is 34.5. The number of benzene rings is 1. The Kier molecular flexibility index (Phi) is 12.1. The lowest BCUT2D eigenvalue weighted by atomic mass is 10.0. The van der Waals surface area contributed by atoms with Gasteiger partial charge in [0.05, 0.1) is 30.4 Å². The van der Waals surface area contributed by atoms with Gasteiger partial charge in [0, 0.05) is 38.3 Å². The molecule has 1 amide bonds. The molecule has 47 heavy (non-hydrogen) atoms. The van der Waals surface area contributed by atoms with Crippen LogP contribution in [0.1, 0.15) is 61.8 Å². The molecule has 2 aromatic heterocycles. The zero-order valence-electron chi connectivity index (χ0n) is 27.5. The number of thiophene rings is 1. The summed E-state index contributed by atoms with van der Waals surface area (Å²) in [5.74, 6) is -0.387. The first-order valence-electron chi connectivity index (χ1n) is 15.4. The van der Waals surface area contributed by atoms with E-state index in [1.807, 2.05) is 13.8 Å². The van der Waals surface area contributed by atoms with Crippen LogP contribution in [0, 0.1) is 19.8 Å². The molecule has 2 N–H and O–H groups in total. The third-order valence-electron chi connectivity index (χ3n) is 8.14. The van der Waals surface area contributed by atoms with Crippen LogP contribution in [-0.4, -0.2) is 93.8 Å². The lowest BCUT2D eigenvalue weighted by Gasteiger charge is -2.35. The van der Waals surface area contributed by atoms with Crippen LogP contribution < -0.4 is 9.46 Å². The molecule has 0 saturated heterocycles. The second-order valence-corrected chi connectivity index (χ2v) is 16.8. The van der Waals surface area contributed by atoms with E-state index in [0.29, 0.717) is 25.2 Å². The number of ether oxygens (including phenoxy) is 2. The number of anilines is 1. The summed E-state index contributed by atoms with van der Waals surface area (Å²) in [6, 6.07) is 7.06. The van der Waals surface area contributed by atoms with Gasteiger partial charge >= 0.3 is 0 Å². The molecule has 0 fully saturated rings. The Morgan fingerprint density at radius 2 is 1.91 bits per heavy atom. The number of nitrogens with zero attached hydrogens (tertiary/aromatic N) is 3. The van der Waals surface area contributed by atoms with Crippen molar-refractivity contribution in [1.82, 2.24) is 14.4 Å². The van der Waals surface area contributed by atoms with Crippen molar-refractivity contribution >= 4 is 43.0 Å². The summed E-state index contributed by atoms with van der Waals surface area (Å²) in [5.41, 5.74) is 0.568. The number of aliphatic hydroxyl groups excluding tert-OH is 1. The Hall–Kier alpha value is -3.02. The standard InChI is InChI=1S/C31H44N4O9S3/c1-20-17-35(21(2)19-36)31(37)26-16-25(33-46(38,39)29-11-9-15-45-29)12-13-27(26)43-22(3)10-7-8-14-42-28(20)18-34(6)47(40,41)30-23(4)32-44-24(30)5/h9,11-13,15-16,20-22,28,33,36H,7-8,10,14,17-19H2,1-6H3/t20-,21+,22-,28+/m1/s1. The van der Waals surface area contributed by atoms with Crippen LogP contribution in [0.25, 0.3) is 0 Å². The fourth-order valence-corrected chi connectivity index (χ4v) is 8.93. The predicted octanol–water partition coefficient (Wildman–Crippen LogP) is 4.27. The van der Waals surface area contributed by atoms with E-state index < -0.39 is 38.1 Å². The second-order valence-electron chi connectivity index (χ2n) is 12.0. The highest BCUT2D eigenvalue weighted by Gasteiger charge is 2.34. The minimum Gasteiger partial charge on any atom is -0.490 e. The Labute approximate surface area is 280 Å². The number of aryl methyl sites for hydroxylation is 2. The van der Waals surface area contributed by atoms with Gasteiger partial charge in [0.15, 0.2) is 5.76 Å². The lowest BCUT2D eigenvalue weighted by molar-refractivity contribution is -0.00835. The topological polar surface area (TPSA) is 169 Å². The van der Waals surface area contributed by atoms with E-state index >= 15 is 0 Å². The second kappa shape index (κ2) is 15.5. The van der Waals surface area contributed by atoms with Gasteiger partial charge in [-0.05, 0) is 76.6 Å². The van der Waals surface area contributed by atoms with E-state index in [9.17, 15) is 26.7 Å². The summed E-state index contributed by atoms with van der Waals surface area (Å²) in [6.45, 7) is 8.68. The molecule has 3 aromatic rings. The summed E-state index contributed by atoms with van der Waals surface area (Å²) in [4.78, 5) is 15.8. The summed E-state index contributed by atoms with van der Waals surface area (Å²) in [7, 11) is -6.38. The summed E-state index contributed by atoms with van der Waals surface area (Å²) < 4.78 is 74.5. The molecule has 0 radical (unpaired) electrons. The molecule has 16 heteroatoms. The van der Waals surface area contributed by atoms with Crippen molar-refractivity contribution in [2.75, 3.05) is 38.1 Å². The van der Waals surface area contributed by atoms with Gasteiger partial charge in [-0.2, -0.15) is 4.31 Å². The van der Waals surface area contributed by atoms with Gasteiger partial charge in [0.25, 0.3) is 15.9 Å². The average Bonchev–Trinajstić information content (AvgIpc) is 3.69. The number of amides is 1. The molecule has 1 aliphatic rings. The fourth-order valence-electron chi connectivity index (χ4n) is 5.42. The molecular formula is C31H44N4O9S3. The number of hydrogen-bond acceptors (Lipinski definition) is 11. The fraction of sp³-hybridized carbons (Fsp3) is 0.548. The summed E-state index contributed by atoms with van der Waals surface area (Å²) in [6.07, 6.45) is 1.22. The van der Waals surface area contributed by atoms with Crippen molar-refractivity contribution < 1.29 is 40.7 Å². The number of likely N-dealkylation sites (N-methyl/N-ethyl adjacent to an activating group) is 1. The van der Waals surface area contributed by atoms with Crippen LogP contribution in [0.3, 0.4) is 0 Å². The highest BCUT2D eigenvalue weighted by Crippen LogP contribution is 2.30. The van der Waals surface area contributed by atoms with E-state index in [4.69, 9.17) is 14.0 Å². The molecule has 4 atom stereocenters. The first kappa shape index (κ1) is 36.8. The first-order valence-corrected chi connectivity index (χ1v) is 19.3. The maximum Gasteiger partial charge on any atom is 0.271 e. The number of aromatic nitrogens is 1. The summed E-state index contributed by atoms with van der Waals surface area (Å²) >= 11 is 1.07. The molecule has 13 nitrogen and oxygen atoms in total. The van der Waals surface area contributed by atoms with Gasteiger partial charge in [-0.25, -0.2) is 16.8 Å². The minimum absolute atomic E-state index is 0.00611. The third-order valence-corrected chi connectivity index (χ3v) is 13.0. The van der Waals surface area contributed by atoms with Crippen molar-refractivity contribution in [1.29, 1.82) is 0 Å². The third kappa shape index (κ3) is 8.72. The SMILES string of the molecule is Cc1noc(C)c1S(=O)(=O)N(C)C[C@@H]1OCCCC[C@@H](C)Oc2ccc(NS(=O)(=O)c3cccs3)cc2C(=O)N([C@@H](C)CO)C[C@H]1C. The number of nitrogens with one attached hydrogen (secondary N) is 1. The molecule has 0 spiro atoms. The Morgan fingerprint density at radius 1 is 1.17 bits per heavy atom. The molecule has 260 valence electrons. The number of carbonyl (C=O) groups is 1. The minimum atomic E-state index is -3.96. The molecule has 0 saturated carbocycles. The number of carbonyl (C=O) groups excluding carboxylic acids is 1. The highest BCUT2D eigenvalue weighted by molar-refractivity contribution is 7.94. The number of fused-ring (bicyclic) bond motifs is 1. The van der Waals surface area contributed by atoms with Gasteiger partial charge in [0.1, 0.15) is 20.5 Å². The van der Waals surface area contributed by atoms with Crippen molar-refractivity contribution in [2.24, 2.45) is 5.92 Å². The largest absolute Gasteiger partial charge is 0.490 e. The maximum atomic E-state index is 14.3. The number of rotatable bonds is 9. The Balaban J connectivity index is 1.68. The number of aliphatic hydroxyl groups is 1. The van der Waals surface area contributed by atoms with E-state index in [1.54, 1.807) is 44.4 Å². The zero-order valence-corrected chi connectivity index (χ0v) is 30.0. The molecule has 0 unspecified atom stereocenters. The molecule has 3 heterocycles. The Morgan fingerprint density at radius 3 is 2.55 bits per heavy atom. The van der Waals surface area contributed by atoms with Gasteiger partial charge in [-0.15, -0.1) is 11.3 Å². The Bertz CT molecular complexity index is 1710. The maximum absolute atomic E-state index is 14.3. The molecular weight excluding hydrogens is 669 g/mol. The van der Waals surface area contributed by atoms with Gasteiger partial charge in [0.2, 0.25) is 10.0 Å². The van der Waals surface area contributed by atoms with Crippen molar-refractivity contribution in [3.05, 3.63) is 52.7 Å². The van der Waals surface area contributed by atoms with E-state index in [2.05, 4.69) is 9.88 Å². The molecule has 0 bridgehead atoms. The molecule has 0 aliphatic carbocycles. The smallest absolute Gasteiger partial charge is 0.271 e. The van der Waals surface area contributed by atoms with Crippen molar-refractivity contribution in [3.63, 3.8) is 0 Å². The van der Waals surface area contributed by atoms with Crippen LogP contribution in [0.2, 0.25) is 0 Å². The highest BCUT2D eigenvalue weighted by atomic mass is 32.2. The molecule has 1 aliphatic heterocycles. The van der Waals surface area contributed by atoms with Crippen LogP contribution in [0.4, 0.5) is 5.69 Å². The van der Waals surface area contributed by atoms with Gasteiger partial charge in [-0.1, -0.05) is 18.1 Å². The summed E-state index contributed by atoms with van der Waals surface area (Å²) in [5, 5.41) is 15.6. The molecule has 1 aromatic carbocycles. The quantitative estimate of drug-likeness (QED) is 0.327. The van der Waals surface area contributed by atoms with Gasteiger partial charge in [-0.3, -0.25) is 9.52 Å².